The summed E-state index contributed by atoms with van der Waals surface area (Å²) < 4.78 is 0. The van der Waals surface area contributed by atoms with Crippen LogP contribution in [-0.2, 0) is 0 Å². The molecule has 0 spiro atoms. The molecule has 0 aliphatic heterocycles. The van der Waals surface area contributed by atoms with Gasteiger partial charge in [-0.3, -0.25) is 0 Å². The lowest BCUT2D eigenvalue weighted by Crippen LogP contribution is -2.33. The molecule has 0 radical (unpaired) electrons. The number of rotatable bonds is 4. The van der Waals surface area contributed by atoms with Crippen LogP contribution in [0.3, 0.4) is 0 Å². The number of aromatic amines is 1. The molecule has 1 aliphatic carbocycles. The number of nitrogens with two attached hydrogens (primary N) is 1. The molecule has 0 amide bonds. The van der Waals surface area contributed by atoms with Crippen LogP contribution >= 0.6 is 11.6 Å². The highest BCUT2D eigenvalue weighted by Gasteiger charge is 2.20. The van der Waals surface area contributed by atoms with Crippen LogP contribution in [0.2, 0.25) is 5.02 Å². The standard InChI is InChI=1S/C16H19ClN8/c17-9-2-1-3-12(8-9)19-14-13-15(24-25-23-13)22-16(21-14)20-11-6-4-10(18)5-7-11/h1-3,8,10-11H,4-7,18H2,(H3,19,20,21,22,23,24,25). The summed E-state index contributed by atoms with van der Waals surface area (Å²) in [7, 11) is 0. The van der Waals surface area contributed by atoms with E-state index in [0.29, 0.717) is 40.0 Å². The van der Waals surface area contributed by atoms with Crippen LogP contribution in [0.1, 0.15) is 25.7 Å². The number of anilines is 3. The average Bonchev–Trinajstić information content (AvgIpc) is 3.06. The molecular formula is C16H19ClN8. The summed E-state index contributed by atoms with van der Waals surface area (Å²) in [5, 5.41) is 18.1. The zero-order valence-electron chi connectivity index (χ0n) is 13.5. The molecule has 4 rings (SSSR count). The molecule has 3 aromatic rings. The van der Waals surface area contributed by atoms with Gasteiger partial charge in [0.25, 0.3) is 0 Å². The van der Waals surface area contributed by atoms with E-state index in [1.54, 1.807) is 0 Å². The normalized spacial score (nSPS) is 20.6. The lowest BCUT2D eigenvalue weighted by molar-refractivity contribution is 0.410. The minimum Gasteiger partial charge on any atom is -0.351 e. The van der Waals surface area contributed by atoms with E-state index in [4.69, 9.17) is 17.3 Å². The molecule has 0 unspecified atom stereocenters. The zero-order chi connectivity index (χ0) is 17.2. The second-order valence-electron chi connectivity index (χ2n) is 6.28. The van der Waals surface area contributed by atoms with Gasteiger partial charge in [0.2, 0.25) is 11.6 Å². The summed E-state index contributed by atoms with van der Waals surface area (Å²) >= 11 is 6.05. The van der Waals surface area contributed by atoms with E-state index in [-0.39, 0.29) is 0 Å². The van der Waals surface area contributed by atoms with Crippen molar-refractivity contribution in [1.29, 1.82) is 0 Å². The van der Waals surface area contributed by atoms with Gasteiger partial charge in [-0.25, -0.2) is 0 Å². The largest absolute Gasteiger partial charge is 0.351 e. The third-order valence-electron chi connectivity index (χ3n) is 4.38. The van der Waals surface area contributed by atoms with E-state index in [0.717, 1.165) is 31.4 Å². The third-order valence-corrected chi connectivity index (χ3v) is 4.61. The Morgan fingerprint density at radius 3 is 2.76 bits per heavy atom. The number of halogens is 1. The van der Waals surface area contributed by atoms with Crippen LogP contribution in [0.4, 0.5) is 17.5 Å². The summed E-state index contributed by atoms with van der Waals surface area (Å²) in [5.74, 6) is 1.11. The molecule has 1 fully saturated rings. The number of hydrogen-bond acceptors (Lipinski definition) is 7. The lowest BCUT2D eigenvalue weighted by Gasteiger charge is -2.26. The summed E-state index contributed by atoms with van der Waals surface area (Å²) in [4.78, 5) is 9.02. The highest BCUT2D eigenvalue weighted by molar-refractivity contribution is 6.30. The molecule has 1 aliphatic rings. The fraction of sp³-hybridized carbons (Fsp3) is 0.375. The Kier molecular flexibility index (Phi) is 4.37. The Morgan fingerprint density at radius 1 is 1.12 bits per heavy atom. The van der Waals surface area contributed by atoms with Crippen LogP contribution in [0.5, 0.6) is 0 Å². The first-order chi connectivity index (χ1) is 12.2. The predicted octanol–water partition coefficient (Wildman–Crippen LogP) is 2.83. The Bertz CT molecular complexity index is 871. The number of H-pyrrole nitrogens is 1. The molecule has 0 atom stereocenters. The van der Waals surface area contributed by atoms with Crippen molar-refractivity contribution < 1.29 is 0 Å². The van der Waals surface area contributed by atoms with Crippen molar-refractivity contribution in [3.05, 3.63) is 29.3 Å². The molecule has 8 nitrogen and oxygen atoms in total. The van der Waals surface area contributed by atoms with Crippen molar-refractivity contribution in [2.75, 3.05) is 10.6 Å². The molecule has 1 saturated carbocycles. The zero-order valence-corrected chi connectivity index (χ0v) is 14.3. The predicted molar refractivity (Wildman–Crippen MR) is 98.1 cm³/mol. The summed E-state index contributed by atoms with van der Waals surface area (Å²) in [5.41, 5.74) is 7.88. The molecule has 9 heteroatoms. The molecule has 25 heavy (non-hydrogen) atoms. The van der Waals surface area contributed by atoms with Gasteiger partial charge >= 0.3 is 0 Å². The van der Waals surface area contributed by atoms with Crippen LogP contribution < -0.4 is 16.4 Å². The minimum absolute atomic E-state index is 0.303. The van der Waals surface area contributed by atoms with Gasteiger partial charge < -0.3 is 16.4 Å². The number of nitrogens with zero attached hydrogens (tertiary/aromatic N) is 4. The average molecular weight is 359 g/mol. The van der Waals surface area contributed by atoms with Crippen molar-refractivity contribution in [3.8, 4) is 0 Å². The van der Waals surface area contributed by atoms with Gasteiger partial charge in [0, 0.05) is 22.8 Å². The molecule has 130 valence electrons. The second-order valence-corrected chi connectivity index (χ2v) is 6.72. The number of hydrogen-bond donors (Lipinski definition) is 4. The van der Waals surface area contributed by atoms with Crippen LogP contribution in [0.25, 0.3) is 11.2 Å². The first-order valence-corrected chi connectivity index (χ1v) is 8.68. The van der Waals surface area contributed by atoms with Gasteiger partial charge in [0.15, 0.2) is 11.3 Å². The van der Waals surface area contributed by atoms with Gasteiger partial charge in [-0.05, 0) is 43.9 Å². The Morgan fingerprint density at radius 2 is 1.96 bits per heavy atom. The fourth-order valence-corrected chi connectivity index (χ4v) is 3.24. The van der Waals surface area contributed by atoms with Gasteiger partial charge in [-0.2, -0.15) is 20.3 Å². The highest BCUT2D eigenvalue weighted by atomic mass is 35.5. The lowest BCUT2D eigenvalue weighted by atomic mass is 9.92. The molecule has 1 aromatic carbocycles. The summed E-state index contributed by atoms with van der Waals surface area (Å²) in [6.07, 6.45) is 4.05. The quantitative estimate of drug-likeness (QED) is 0.566. The Balaban J connectivity index is 1.60. The van der Waals surface area contributed by atoms with Crippen molar-refractivity contribution in [3.63, 3.8) is 0 Å². The molecular weight excluding hydrogens is 340 g/mol. The van der Waals surface area contributed by atoms with Crippen LogP contribution in [0.15, 0.2) is 24.3 Å². The number of benzene rings is 1. The van der Waals surface area contributed by atoms with Crippen LogP contribution in [0, 0.1) is 0 Å². The number of aromatic nitrogens is 5. The van der Waals surface area contributed by atoms with Gasteiger partial charge in [-0.15, -0.1) is 5.10 Å². The van der Waals surface area contributed by atoms with E-state index in [1.807, 2.05) is 24.3 Å². The third kappa shape index (κ3) is 3.64. The second kappa shape index (κ2) is 6.81. The van der Waals surface area contributed by atoms with Gasteiger partial charge in [-0.1, -0.05) is 17.7 Å². The van der Waals surface area contributed by atoms with Crippen molar-refractivity contribution in [2.45, 2.75) is 37.8 Å². The van der Waals surface area contributed by atoms with E-state index in [1.165, 1.54) is 0 Å². The van der Waals surface area contributed by atoms with E-state index >= 15 is 0 Å². The summed E-state index contributed by atoms with van der Waals surface area (Å²) in [6.45, 7) is 0. The first-order valence-electron chi connectivity index (χ1n) is 8.30. The van der Waals surface area contributed by atoms with E-state index < -0.39 is 0 Å². The molecule has 0 bridgehead atoms. The minimum atomic E-state index is 0.303. The van der Waals surface area contributed by atoms with E-state index in [9.17, 15) is 0 Å². The Hall–Kier alpha value is -2.45. The summed E-state index contributed by atoms with van der Waals surface area (Å²) in [6, 6.07) is 8.05. The molecule has 2 aromatic heterocycles. The monoisotopic (exact) mass is 358 g/mol. The van der Waals surface area contributed by atoms with E-state index in [2.05, 4.69) is 36.0 Å². The molecule has 2 heterocycles. The number of fused-ring (bicyclic) bond motifs is 1. The first kappa shape index (κ1) is 16.0. The van der Waals surface area contributed by atoms with Crippen molar-refractivity contribution in [2.24, 2.45) is 5.73 Å². The fourth-order valence-electron chi connectivity index (χ4n) is 3.05. The smallest absolute Gasteiger partial charge is 0.227 e. The van der Waals surface area contributed by atoms with Crippen molar-refractivity contribution in [1.82, 2.24) is 25.4 Å². The van der Waals surface area contributed by atoms with Gasteiger partial charge in [0.05, 0.1) is 0 Å². The van der Waals surface area contributed by atoms with Crippen LogP contribution in [-0.4, -0.2) is 37.5 Å². The number of nitrogens with one attached hydrogen (secondary N) is 3. The topological polar surface area (TPSA) is 117 Å². The highest BCUT2D eigenvalue weighted by Crippen LogP contribution is 2.25. The van der Waals surface area contributed by atoms with Gasteiger partial charge in [0.1, 0.15) is 0 Å². The maximum absolute atomic E-state index is 6.05. The Labute approximate surface area is 149 Å². The maximum Gasteiger partial charge on any atom is 0.227 e. The maximum atomic E-state index is 6.05. The van der Waals surface area contributed by atoms with Crippen molar-refractivity contribution >= 4 is 40.2 Å². The molecule has 5 N–H and O–H groups in total. The SMILES string of the molecule is NC1CCC(Nc2nc(Nc3cccc(Cl)c3)c3n[nH]nc3n2)CC1. The molecule has 0 saturated heterocycles.